The van der Waals surface area contributed by atoms with Crippen molar-refractivity contribution in [1.82, 2.24) is 4.98 Å². The molecule has 0 saturated heterocycles. The number of hydrogen-bond donors (Lipinski definition) is 0. The molecular weight excluding hydrogens is 776 g/mol. The van der Waals surface area contributed by atoms with E-state index in [0.29, 0.717) is 0 Å². The van der Waals surface area contributed by atoms with Crippen LogP contribution in [-0.2, 0) is 96.9 Å². The molecule has 17 nitrogen and oxygen atoms in total. The number of hydrogen-bond acceptors (Lipinski definition) is 17. The van der Waals surface area contributed by atoms with Gasteiger partial charge in [0.25, 0.3) is 0 Å². The third-order valence-electron chi connectivity index (χ3n) is 1.51. The van der Waals surface area contributed by atoms with E-state index < -0.39 is 31.3 Å². The summed E-state index contributed by atoms with van der Waals surface area (Å²) < 4.78 is 34.2. The molecule has 0 radical (unpaired) electrons. The van der Waals surface area contributed by atoms with Crippen LogP contribution in [-0.4, -0.2) is 4.98 Å². The Bertz CT molecular complexity index is 748. The van der Waals surface area contributed by atoms with E-state index >= 15 is 0 Å². The number of para-hydroxylation sites is 1. The molecule has 0 aliphatic carbocycles. The van der Waals surface area contributed by atoms with E-state index in [2.05, 4.69) is 17.1 Å². The number of fused-ring (bicyclic) bond motifs is 1. The van der Waals surface area contributed by atoms with Crippen molar-refractivity contribution in [3.63, 3.8) is 0 Å². The molecule has 0 unspecified atom stereocenters. The smallest absolute Gasteiger partial charge is 0.822 e. The summed E-state index contributed by atoms with van der Waals surface area (Å²) >= 11 is 0. The number of aromatic nitrogens is 1. The Morgan fingerprint density at radius 2 is 0.727 bits per heavy atom. The van der Waals surface area contributed by atoms with Gasteiger partial charge in [-0.05, 0) is 12.1 Å². The van der Waals surface area contributed by atoms with Gasteiger partial charge in [-0.1, -0.05) is 24.3 Å². The predicted molar refractivity (Wildman–Crippen MR) is 72.2 cm³/mol. The zero-order chi connectivity index (χ0) is 24.8. The molecule has 2 aromatic rings. The first-order chi connectivity index (χ1) is 13.0. The summed E-state index contributed by atoms with van der Waals surface area (Å²) in [7, 11) is -21.6. The van der Waals surface area contributed by atoms with Crippen LogP contribution >= 0.6 is 31.3 Å². The van der Waals surface area contributed by atoms with Crippen molar-refractivity contribution in [2.45, 2.75) is 0 Å². The summed E-state index contributed by atoms with van der Waals surface area (Å²) in [4.78, 5) is 107. The summed E-state index contributed by atoms with van der Waals surface area (Å²) in [5, 5.41) is 1.20. The van der Waals surface area contributed by atoms with Gasteiger partial charge in [0.1, 0.15) is 0 Å². The Hall–Kier alpha value is 1.72. The average Bonchev–Trinajstić information content (AvgIpc) is 2.40. The number of rotatable bonds is 0. The maximum atomic E-state index is 8.55. The first-order valence-corrected chi connectivity index (χ1v) is 12.0. The molecule has 0 amide bonds. The molecule has 24 heteroatoms. The number of phosphoric acid groups is 4. The zero-order valence-corrected chi connectivity index (χ0v) is 26.3. The van der Waals surface area contributed by atoms with Crippen LogP contribution < -0.4 is 58.7 Å². The van der Waals surface area contributed by atoms with Crippen LogP contribution in [0.25, 0.3) is 10.9 Å². The summed E-state index contributed by atoms with van der Waals surface area (Å²) in [5.41, 5.74) is 1.06. The van der Waals surface area contributed by atoms with Crippen LogP contribution in [0, 0.1) is 0 Å². The molecule has 2 rings (SSSR count). The fourth-order valence-electron chi connectivity index (χ4n) is 1.02. The van der Waals surface area contributed by atoms with Crippen molar-refractivity contribution < 1.29 is 156 Å². The minimum absolute atomic E-state index is 0. The van der Waals surface area contributed by atoms with Gasteiger partial charge in [-0.2, -0.15) is 31.3 Å². The van der Waals surface area contributed by atoms with E-state index in [1.807, 2.05) is 30.5 Å². The standard InChI is InChI=1S/C9H7N.4H3O4P.3Zr/c1-2-6-9-8(4-1)5-3-7-10-9;4*1-5(2,3)4;;;/h1-7H;4*(H3,1,2,3,4);;;/q;;;;;3*+4/p-12. The predicted octanol–water partition coefficient (Wildman–Crippen LogP) is -9.07. The molecule has 0 saturated carbocycles. The first kappa shape index (κ1) is 47.9. The second kappa shape index (κ2) is 22.9. The molecule has 1 aromatic heterocycles. The Labute approximate surface area is 243 Å². The van der Waals surface area contributed by atoms with Crippen LogP contribution in [0.1, 0.15) is 0 Å². The topological polar surface area (TPSA) is 358 Å². The third kappa shape index (κ3) is 87.2. The molecule has 1 aromatic carbocycles. The van der Waals surface area contributed by atoms with Gasteiger partial charge in [-0.15, -0.1) is 0 Å². The minimum Gasteiger partial charge on any atom is -0.822 e. The molecule has 176 valence electrons. The molecule has 0 aliphatic rings. The summed E-state index contributed by atoms with van der Waals surface area (Å²) in [6.45, 7) is 0. The third-order valence-corrected chi connectivity index (χ3v) is 1.51. The van der Waals surface area contributed by atoms with E-state index in [0.717, 1.165) is 5.52 Å². The zero-order valence-electron chi connectivity index (χ0n) is 15.3. The Kier molecular flexibility index (Phi) is 33.2. The quantitative estimate of drug-likeness (QED) is 0.224. The van der Waals surface area contributed by atoms with Crippen molar-refractivity contribution in [1.29, 1.82) is 0 Å². The fraction of sp³-hybridized carbons (Fsp3) is 0. The second-order valence-corrected chi connectivity index (χ2v) is 7.56. The normalized spacial score (nSPS) is 10.2. The molecule has 0 bridgehead atoms. The molecule has 0 N–H and O–H groups in total. The van der Waals surface area contributed by atoms with Gasteiger partial charge in [-0.25, -0.2) is 0 Å². The Morgan fingerprint density at radius 1 is 0.485 bits per heavy atom. The molecular formula is C9H7NO16P4Zr3. The summed E-state index contributed by atoms with van der Waals surface area (Å²) in [6.07, 6.45) is 1.81. The van der Waals surface area contributed by atoms with Crippen LogP contribution in [0.3, 0.4) is 0 Å². The van der Waals surface area contributed by atoms with Crippen molar-refractivity contribution in [2.75, 3.05) is 0 Å². The van der Waals surface area contributed by atoms with Crippen molar-refractivity contribution >= 4 is 42.2 Å². The van der Waals surface area contributed by atoms with Crippen LogP contribution in [0.2, 0.25) is 0 Å². The summed E-state index contributed by atoms with van der Waals surface area (Å²) in [6, 6.07) is 12.1. The van der Waals surface area contributed by atoms with E-state index in [4.69, 9.17) is 77.0 Å². The summed E-state index contributed by atoms with van der Waals surface area (Å²) in [5.74, 6) is 0. The van der Waals surface area contributed by atoms with E-state index in [-0.39, 0.29) is 78.6 Å². The van der Waals surface area contributed by atoms with Gasteiger partial charge >= 0.3 is 78.6 Å². The molecule has 0 atom stereocenters. The SMILES string of the molecule is O=P([O-])([O-])[O-].O=P([O-])([O-])[O-].O=P([O-])([O-])[O-].O=P([O-])([O-])[O-].[Zr+4].[Zr+4].[Zr+4].c1ccc2ncccc2c1. The minimum atomic E-state index is -5.39. The van der Waals surface area contributed by atoms with Crippen LogP contribution in [0.4, 0.5) is 0 Å². The molecule has 0 spiro atoms. The second-order valence-electron chi connectivity index (χ2n) is 3.98. The van der Waals surface area contributed by atoms with E-state index in [9.17, 15) is 0 Å². The fourth-order valence-corrected chi connectivity index (χ4v) is 1.02. The van der Waals surface area contributed by atoms with Crippen LogP contribution in [0.15, 0.2) is 42.6 Å². The maximum Gasteiger partial charge on any atom is 4.00 e. The van der Waals surface area contributed by atoms with E-state index in [1.54, 1.807) is 0 Å². The van der Waals surface area contributed by atoms with Crippen molar-refractivity contribution in [3.8, 4) is 0 Å². The van der Waals surface area contributed by atoms with Gasteiger partial charge < -0.3 is 77.0 Å². The Morgan fingerprint density at radius 3 is 1.00 bits per heavy atom. The monoisotopic (exact) mass is 779 g/mol. The van der Waals surface area contributed by atoms with Crippen molar-refractivity contribution in [2.24, 2.45) is 0 Å². The van der Waals surface area contributed by atoms with Gasteiger partial charge in [0, 0.05) is 11.6 Å². The first-order valence-electron chi connectivity index (χ1n) is 6.19. The van der Waals surface area contributed by atoms with Gasteiger partial charge in [0.15, 0.2) is 0 Å². The number of pyridine rings is 1. The van der Waals surface area contributed by atoms with E-state index in [1.165, 1.54) is 5.39 Å². The number of nitrogens with zero attached hydrogens (tertiary/aromatic N) is 1. The Balaban J connectivity index is -0.0000000709. The van der Waals surface area contributed by atoms with Gasteiger partial charge in [-0.3, -0.25) is 4.98 Å². The molecule has 0 aliphatic heterocycles. The van der Waals surface area contributed by atoms with Crippen LogP contribution in [0.5, 0.6) is 0 Å². The number of benzene rings is 1. The molecule has 33 heavy (non-hydrogen) atoms. The van der Waals surface area contributed by atoms with Gasteiger partial charge in [0.2, 0.25) is 0 Å². The molecule has 1 heterocycles. The maximum absolute atomic E-state index is 8.55. The molecule has 0 fully saturated rings. The van der Waals surface area contributed by atoms with Crippen molar-refractivity contribution in [3.05, 3.63) is 42.6 Å². The average molecular weight is 783 g/mol. The van der Waals surface area contributed by atoms with Gasteiger partial charge in [0.05, 0.1) is 5.52 Å². The largest absolute Gasteiger partial charge is 4.00 e.